The van der Waals surface area contributed by atoms with Crippen molar-refractivity contribution in [3.05, 3.63) is 81.7 Å². The van der Waals surface area contributed by atoms with Gasteiger partial charge in [0.25, 0.3) is 0 Å². The Morgan fingerprint density at radius 1 is 1.11 bits per heavy atom. The maximum absolute atomic E-state index is 13.5. The summed E-state index contributed by atoms with van der Waals surface area (Å²) in [7, 11) is 2.77. The number of esters is 1. The molecule has 2 heterocycles. The number of H-pyrrole nitrogens is 1. The number of thiazole rings is 1. The number of aromatic amines is 1. The van der Waals surface area contributed by atoms with Crippen LogP contribution >= 0.6 is 11.3 Å². The lowest BCUT2D eigenvalue weighted by Gasteiger charge is -2.24. The molecule has 2 aromatic heterocycles. The molecule has 0 aliphatic heterocycles. The topological polar surface area (TPSA) is 136 Å². The molecule has 0 fully saturated rings. The van der Waals surface area contributed by atoms with E-state index in [1.807, 2.05) is 30.3 Å². The smallest absolute Gasteiger partial charge is 0.357 e. The number of carbonyl (C=O) groups is 2. The molecule has 0 spiro atoms. The Balaban J connectivity index is 1.75. The standard InChI is InChI=1S/C25H24N4O6S/c1-14(15-7-5-4-6-8-15)20(21(30)28-24-26-18(13-36-24)23(32)35-3)29-22(31)19(27-25(29)33)16-9-11-17(34-2)12-10-16/h4-14,20,31H,1-3H3,(H,27,33)(H,26,28,30)/t14-,20-/m0/s1. The minimum Gasteiger partial charge on any atom is -0.497 e. The summed E-state index contributed by atoms with van der Waals surface area (Å²) in [6, 6.07) is 14.8. The normalized spacial score (nSPS) is 12.5. The molecule has 0 radical (unpaired) electrons. The second-order valence-corrected chi connectivity index (χ2v) is 8.75. The summed E-state index contributed by atoms with van der Waals surface area (Å²) in [6.45, 7) is 1.78. The molecule has 4 rings (SSSR count). The summed E-state index contributed by atoms with van der Waals surface area (Å²) in [5, 5.41) is 15.4. The van der Waals surface area contributed by atoms with Gasteiger partial charge >= 0.3 is 11.7 Å². The van der Waals surface area contributed by atoms with Gasteiger partial charge in [0.1, 0.15) is 17.5 Å². The third-order valence-electron chi connectivity index (χ3n) is 5.76. The lowest BCUT2D eigenvalue weighted by molar-refractivity contribution is -0.120. The number of aromatic nitrogens is 3. The van der Waals surface area contributed by atoms with E-state index in [9.17, 15) is 19.5 Å². The highest BCUT2D eigenvalue weighted by atomic mass is 32.1. The summed E-state index contributed by atoms with van der Waals surface area (Å²) >= 11 is 1.04. The summed E-state index contributed by atoms with van der Waals surface area (Å²) in [4.78, 5) is 45.1. The number of ether oxygens (including phenoxy) is 2. The van der Waals surface area contributed by atoms with Crippen LogP contribution in [0.5, 0.6) is 11.6 Å². The molecule has 36 heavy (non-hydrogen) atoms. The zero-order valence-electron chi connectivity index (χ0n) is 19.7. The van der Waals surface area contributed by atoms with Crippen molar-refractivity contribution >= 4 is 28.3 Å². The van der Waals surface area contributed by atoms with Gasteiger partial charge in [0.2, 0.25) is 11.8 Å². The molecule has 0 saturated carbocycles. The van der Waals surface area contributed by atoms with Crippen LogP contribution in [-0.2, 0) is 9.53 Å². The fraction of sp³-hybridized carbons (Fsp3) is 0.200. The second-order valence-electron chi connectivity index (χ2n) is 7.89. The maximum Gasteiger partial charge on any atom is 0.357 e. The highest BCUT2D eigenvalue weighted by molar-refractivity contribution is 7.14. The van der Waals surface area contributed by atoms with Crippen molar-refractivity contribution in [2.45, 2.75) is 18.9 Å². The number of aromatic hydroxyl groups is 1. The first kappa shape index (κ1) is 24.7. The van der Waals surface area contributed by atoms with Crippen molar-refractivity contribution in [2.24, 2.45) is 0 Å². The van der Waals surface area contributed by atoms with Gasteiger partial charge in [0, 0.05) is 16.9 Å². The number of benzene rings is 2. The van der Waals surface area contributed by atoms with Gasteiger partial charge in [0.15, 0.2) is 10.8 Å². The van der Waals surface area contributed by atoms with E-state index in [1.54, 1.807) is 31.2 Å². The van der Waals surface area contributed by atoms with Crippen LogP contribution in [0, 0.1) is 0 Å². The van der Waals surface area contributed by atoms with Crippen LogP contribution in [-0.4, -0.2) is 45.7 Å². The van der Waals surface area contributed by atoms with E-state index in [2.05, 4.69) is 20.0 Å². The maximum atomic E-state index is 13.5. The summed E-state index contributed by atoms with van der Waals surface area (Å²) in [6.07, 6.45) is 0. The van der Waals surface area contributed by atoms with Gasteiger partial charge in [-0.05, 0) is 29.8 Å². The number of anilines is 1. The van der Waals surface area contributed by atoms with Gasteiger partial charge in [0.05, 0.1) is 14.2 Å². The predicted octanol–water partition coefficient (Wildman–Crippen LogP) is 3.78. The molecule has 2 atom stereocenters. The molecule has 1 amide bonds. The van der Waals surface area contributed by atoms with E-state index in [0.29, 0.717) is 11.3 Å². The molecule has 186 valence electrons. The van der Waals surface area contributed by atoms with Gasteiger partial charge < -0.3 is 24.9 Å². The zero-order valence-corrected chi connectivity index (χ0v) is 20.5. The van der Waals surface area contributed by atoms with Gasteiger partial charge in [-0.15, -0.1) is 11.3 Å². The van der Waals surface area contributed by atoms with Gasteiger partial charge in [-0.25, -0.2) is 19.1 Å². The summed E-state index contributed by atoms with van der Waals surface area (Å²) < 4.78 is 10.9. The van der Waals surface area contributed by atoms with E-state index < -0.39 is 29.5 Å². The lowest BCUT2D eigenvalue weighted by Crippen LogP contribution is -2.35. The summed E-state index contributed by atoms with van der Waals surface area (Å²) in [5.41, 5.74) is 0.885. The van der Waals surface area contributed by atoms with Crippen molar-refractivity contribution in [1.82, 2.24) is 14.5 Å². The van der Waals surface area contributed by atoms with E-state index in [1.165, 1.54) is 19.6 Å². The minimum absolute atomic E-state index is 0.0499. The number of rotatable bonds is 8. The molecule has 11 heteroatoms. The molecule has 4 aromatic rings. The van der Waals surface area contributed by atoms with Crippen LogP contribution in [0.25, 0.3) is 11.3 Å². The molecule has 0 aliphatic rings. The van der Waals surface area contributed by atoms with Crippen LogP contribution in [0.3, 0.4) is 0 Å². The van der Waals surface area contributed by atoms with E-state index >= 15 is 0 Å². The SMILES string of the molecule is COC(=O)c1csc(NC(=O)[C@H]([C@@H](C)c2ccccc2)n2c(O)c(-c3ccc(OC)cc3)[nH]c2=O)n1. The summed E-state index contributed by atoms with van der Waals surface area (Å²) in [5.74, 6) is -1.51. The first-order valence-corrected chi connectivity index (χ1v) is 11.8. The van der Waals surface area contributed by atoms with Crippen LogP contribution in [0.15, 0.2) is 64.8 Å². The number of imidazole rings is 1. The molecule has 0 unspecified atom stereocenters. The number of hydrogen-bond acceptors (Lipinski definition) is 8. The number of amides is 1. The molecule has 0 bridgehead atoms. The fourth-order valence-corrected chi connectivity index (χ4v) is 4.56. The number of nitrogens with one attached hydrogen (secondary N) is 2. The number of carbonyl (C=O) groups excluding carboxylic acids is 2. The third kappa shape index (κ3) is 4.86. The zero-order chi connectivity index (χ0) is 25.8. The largest absolute Gasteiger partial charge is 0.497 e. The molecular weight excluding hydrogens is 484 g/mol. The Labute approximate surface area is 210 Å². The average Bonchev–Trinajstić information content (AvgIpc) is 3.48. The Bertz CT molecular complexity index is 1430. The fourth-order valence-electron chi connectivity index (χ4n) is 3.87. The molecule has 0 aliphatic carbocycles. The van der Waals surface area contributed by atoms with Crippen molar-refractivity contribution in [3.8, 4) is 22.9 Å². The predicted molar refractivity (Wildman–Crippen MR) is 135 cm³/mol. The van der Waals surface area contributed by atoms with E-state index in [4.69, 9.17) is 4.74 Å². The third-order valence-corrected chi connectivity index (χ3v) is 6.51. The van der Waals surface area contributed by atoms with Gasteiger partial charge in [-0.1, -0.05) is 37.3 Å². The molecule has 10 nitrogen and oxygen atoms in total. The second kappa shape index (κ2) is 10.5. The minimum atomic E-state index is -1.14. The quantitative estimate of drug-likeness (QED) is 0.308. The Morgan fingerprint density at radius 3 is 2.44 bits per heavy atom. The van der Waals surface area contributed by atoms with Crippen molar-refractivity contribution in [1.29, 1.82) is 0 Å². The highest BCUT2D eigenvalue weighted by Crippen LogP contribution is 2.35. The van der Waals surface area contributed by atoms with Crippen molar-refractivity contribution < 1.29 is 24.2 Å². The number of nitrogens with zero attached hydrogens (tertiary/aromatic N) is 2. The first-order chi connectivity index (χ1) is 17.3. The van der Waals surface area contributed by atoms with Crippen LogP contribution in [0.1, 0.15) is 34.9 Å². The van der Waals surface area contributed by atoms with Gasteiger partial charge in [-0.3, -0.25) is 4.79 Å². The number of hydrogen-bond donors (Lipinski definition) is 3. The Morgan fingerprint density at radius 2 is 1.81 bits per heavy atom. The molecule has 0 saturated heterocycles. The van der Waals surface area contributed by atoms with Crippen molar-refractivity contribution in [2.75, 3.05) is 19.5 Å². The molecule has 3 N–H and O–H groups in total. The van der Waals surface area contributed by atoms with Crippen LogP contribution in [0.2, 0.25) is 0 Å². The molecule has 2 aromatic carbocycles. The number of methoxy groups -OCH3 is 2. The van der Waals surface area contributed by atoms with Crippen LogP contribution < -0.4 is 15.7 Å². The Kier molecular flexibility index (Phi) is 7.20. The first-order valence-electron chi connectivity index (χ1n) is 10.9. The Hall–Kier alpha value is -4.38. The van der Waals surface area contributed by atoms with Crippen molar-refractivity contribution in [3.63, 3.8) is 0 Å². The monoisotopic (exact) mass is 508 g/mol. The molecular formula is C25H24N4O6S. The van der Waals surface area contributed by atoms with E-state index in [-0.39, 0.29) is 22.4 Å². The van der Waals surface area contributed by atoms with Gasteiger partial charge in [-0.2, -0.15) is 0 Å². The van der Waals surface area contributed by atoms with E-state index in [0.717, 1.165) is 21.5 Å². The van der Waals surface area contributed by atoms with Crippen LogP contribution in [0.4, 0.5) is 5.13 Å². The lowest BCUT2D eigenvalue weighted by atomic mass is 9.92. The highest BCUT2D eigenvalue weighted by Gasteiger charge is 2.34. The average molecular weight is 509 g/mol.